The van der Waals surface area contributed by atoms with Gasteiger partial charge in [0.1, 0.15) is 0 Å². The molecule has 1 fully saturated rings. The molecule has 4 heteroatoms. The molecule has 0 saturated carbocycles. The van der Waals surface area contributed by atoms with Crippen LogP contribution in [0.2, 0.25) is 0 Å². The molecule has 1 saturated heterocycles. The van der Waals surface area contributed by atoms with Crippen molar-refractivity contribution in [3.63, 3.8) is 0 Å². The summed E-state index contributed by atoms with van der Waals surface area (Å²) in [5.74, 6) is 0. The van der Waals surface area contributed by atoms with E-state index in [2.05, 4.69) is 44.7 Å². The second kappa shape index (κ2) is 12.9. The van der Waals surface area contributed by atoms with Gasteiger partial charge in [0.25, 0.3) is 0 Å². The van der Waals surface area contributed by atoms with E-state index in [1.54, 1.807) is 0 Å². The van der Waals surface area contributed by atoms with E-state index in [1.807, 2.05) is 0 Å². The number of hydrogen-bond donors (Lipinski definition) is 0. The monoisotopic (exact) mass is 361 g/mol. The summed E-state index contributed by atoms with van der Waals surface area (Å²) in [6.07, 6.45) is 9.87. The van der Waals surface area contributed by atoms with E-state index < -0.39 is 0 Å². The molecule has 0 unspecified atom stereocenters. The third kappa shape index (κ3) is 10.7. The first-order valence-corrected chi connectivity index (χ1v) is 10.00. The summed E-state index contributed by atoms with van der Waals surface area (Å²) in [6.45, 7) is 8.82. The van der Waals surface area contributed by atoms with Crippen molar-refractivity contribution < 1.29 is 0 Å². The lowest BCUT2D eigenvalue weighted by Gasteiger charge is -2.35. The molecular formula is C17H36BrN3. The van der Waals surface area contributed by atoms with Crippen molar-refractivity contribution >= 4 is 15.9 Å². The molecule has 0 aromatic rings. The fourth-order valence-electron chi connectivity index (χ4n) is 2.89. The molecule has 1 aliphatic rings. The lowest BCUT2D eigenvalue weighted by atomic mass is 10.1. The first kappa shape index (κ1) is 19.4. The smallest absolute Gasteiger partial charge is 0.0110 e. The Labute approximate surface area is 141 Å². The van der Waals surface area contributed by atoms with E-state index in [1.165, 1.54) is 96.1 Å². The largest absolute Gasteiger partial charge is 0.308 e. The van der Waals surface area contributed by atoms with E-state index in [-0.39, 0.29) is 0 Å². The number of unbranched alkanes of at least 4 members (excludes halogenated alkanes) is 6. The zero-order valence-electron chi connectivity index (χ0n) is 14.3. The fraction of sp³-hybridized carbons (Fsp3) is 1.00. The summed E-state index contributed by atoms with van der Waals surface area (Å²) in [5.41, 5.74) is 0. The number of hydrogen-bond acceptors (Lipinski definition) is 3. The zero-order chi connectivity index (χ0) is 15.3. The van der Waals surface area contributed by atoms with Crippen molar-refractivity contribution in [3.8, 4) is 0 Å². The summed E-state index contributed by atoms with van der Waals surface area (Å²) in [7, 11) is 4.33. The maximum atomic E-state index is 3.50. The molecule has 126 valence electrons. The lowest BCUT2D eigenvalue weighted by Crippen LogP contribution is -2.48. The van der Waals surface area contributed by atoms with Crippen molar-refractivity contribution in [3.05, 3.63) is 0 Å². The van der Waals surface area contributed by atoms with Gasteiger partial charge in [-0.2, -0.15) is 0 Å². The average molecular weight is 362 g/mol. The quantitative estimate of drug-likeness (QED) is 0.390. The van der Waals surface area contributed by atoms with Crippen molar-refractivity contribution in [2.24, 2.45) is 0 Å². The van der Waals surface area contributed by atoms with Crippen LogP contribution in [0.3, 0.4) is 0 Å². The third-order valence-corrected chi connectivity index (χ3v) is 5.00. The Kier molecular flexibility index (Phi) is 11.9. The van der Waals surface area contributed by atoms with Crippen LogP contribution in [0.15, 0.2) is 0 Å². The normalized spacial score (nSPS) is 17.7. The molecule has 0 atom stereocenters. The Bertz CT molecular complexity index is 228. The highest BCUT2D eigenvalue weighted by atomic mass is 79.9. The predicted molar refractivity (Wildman–Crippen MR) is 97.5 cm³/mol. The number of piperazine rings is 1. The van der Waals surface area contributed by atoms with Crippen LogP contribution >= 0.6 is 15.9 Å². The molecule has 1 rings (SSSR count). The highest BCUT2D eigenvalue weighted by Gasteiger charge is 2.15. The van der Waals surface area contributed by atoms with E-state index in [0.717, 1.165) is 0 Å². The molecule has 0 N–H and O–H groups in total. The van der Waals surface area contributed by atoms with Crippen LogP contribution in [0.4, 0.5) is 0 Å². The van der Waals surface area contributed by atoms with Crippen molar-refractivity contribution in [1.82, 2.24) is 14.7 Å². The standard InChI is InChI=1S/C17H36BrN3/c1-19(2)12-13-21-16-14-20(15-17-21)11-9-7-5-3-4-6-8-10-18/h3-17H2,1-2H3. The van der Waals surface area contributed by atoms with E-state index in [0.29, 0.717) is 0 Å². The predicted octanol–water partition coefficient (Wildman–Crippen LogP) is 3.29. The average Bonchev–Trinajstić information content (AvgIpc) is 2.49. The molecule has 0 amide bonds. The van der Waals surface area contributed by atoms with E-state index in [4.69, 9.17) is 0 Å². The van der Waals surface area contributed by atoms with Gasteiger partial charge in [0.05, 0.1) is 0 Å². The molecule has 3 nitrogen and oxygen atoms in total. The Hall–Kier alpha value is 0.360. The summed E-state index contributed by atoms with van der Waals surface area (Å²) in [5, 5.41) is 1.17. The maximum absolute atomic E-state index is 3.50. The van der Waals surface area contributed by atoms with Crippen LogP contribution in [-0.4, -0.2) is 79.9 Å². The van der Waals surface area contributed by atoms with E-state index in [9.17, 15) is 0 Å². The number of likely N-dealkylation sites (N-methyl/N-ethyl adjacent to an activating group) is 1. The third-order valence-electron chi connectivity index (χ3n) is 4.44. The van der Waals surface area contributed by atoms with Crippen molar-refractivity contribution in [2.45, 2.75) is 44.9 Å². The zero-order valence-corrected chi connectivity index (χ0v) is 15.9. The minimum absolute atomic E-state index is 1.17. The number of alkyl halides is 1. The molecule has 0 bridgehead atoms. The molecule has 0 aromatic carbocycles. The van der Waals surface area contributed by atoms with Gasteiger partial charge in [-0.15, -0.1) is 0 Å². The van der Waals surface area contributed by atoms with Crippen LogP contribution < -0.4 is 0 Å². The Morgan fingerprint density at radius 2 is 1.19 bits per heavy atom. The number of halogens is 1. The topological polar surface area (TPSA) is 9.72 Å². The SMILES string of the molecule is CN(C)CCN1CCN(CCCCCCCCCBr)CC1. The van der Waals surface area contributed by atoms with Gasteiger partial charge in [-0.3, -0.25) is 4.90 Å². The van der Waals surface area contributed by atoms with Gasteiger partial charge in [-0.25, -0.2) is 0 Å². The molecule has 0 aromatic heterocycles. The van der Waals surface area contributed by atoms with Gasteiger partial charge in [0.15, 0.2) is 0 Å². The molecule has 0 aliphatic carbocycles. The maximum Gasteiger partial charge on any atom is 0.0110 e. The minimum atomic E-state index is 1.17. The second-order valence-electron chi connectivity index (χ2n) is 6.65. The van der Waals surface area contributed by atoms with Gasteiger partial charge < -0.3 is 9.80 Å². The first-order chi connectivity index (χ1) is 10.2. The number of nitrogens with zero attached hydrogens (tertiary/aromatic N) is 3. The highest BCUT2D eigenvalue weighted by molar-refractivity contribution is 9.09. The number of rotatable bonds is 12. The summed E-state index contributed by atoms with van der Waals surface area (Å²) in [4.78, 5) is 7.56. The summed E-state index contributed by atoms with van der Waals surface area (Å²) >= 11 is 3.50. The lowest BCUT2D eigenvalue weighted by molar-refractivity contribution is 0.124. The molecule has 21 heavy (non-hydrogen) atoms. The van der Waals surface area contributed by atoms with Crippen LogP contribution in [0, 0.1) is 0 Å². The van der Waals surface area contributed by atoms with Crippen LogP contribution in [0.1, 0.15) is 44.9 Å². The van der Waals surface area contributed by atoms with Crippen LogP contribution in [0.25, 0.3) is 0 Å². The molecule has 0 radical (unpaired) electrons. The summed E-state index contributed by atoms with van der Waals surface area (Å²) < 4.78 is 0. The Morgan fingerprint density at radius 3 is 1.71 bits per heavy atom. The Morgan fingerprint density at radius 1 is 0.714 bits per heavy atom. The van der Waals surface area contributed by atoms with Gasteiger partial charge in [0.2, 0.25) is 0 Å². The van der Waals surface area contributed by atoms with Crippen molar-refractivity contribution in [1.29, 1.82) is 0 Å². The minimum Gasteiger partial charge on any atom is -0.308 e. The highest BCUT2D eigenvalue weighted by Crippen LogP contribution is 2.09. The Balaban J connectivity index is 1.89. The first-order valence-electron chi connectivity index (χ1n) is 8.88. The van der Waals surface area contributed by atoms with E-state index >= 15 is 0 Å². The van der Waals surface area contributed by atoms with Gasteiger partial charge >= 0.3 is 0 Å². The second-order valence-corrected chi connectivity index (χ2v) is 7.44. The molecule has 1 heterocycles. The summed E-state index contributed by atoms with van der Waals surface area (Å²) in [6, 6.07) is 0. The molecule has 1 aliphatic heterocycles. The van der Waals surface area contributed by atoms with Crippen molar-refractivity contribution in [2.75, 3.05) is 65.2 Å². The van der Waals surface area contributed by atoms with Gasteiger partial charge in [-0.05, 0) is 33.5 Å². The molecule has 0 spiro atoms. The molecular weight excluding hydrogens is 326 g/mol. The fourth-order valence-corrected chi connectivity index (χ4v) is 3.29. The van der Waals surface area contributed by atoms with Crippen LogP contribution in [0.5, 0.6) is 0 Å². The van der Waals surface area contributed by atoms with Gasteiger partial charge in [-0.1, -0.05) is 48.0 Å². The van der Waals surface area contributed by atoms with Gasteiger partial charge in [0, 0.05) is 44.6 Å². The van der Waals surface area contributed by atoms with Crippen LogP contribution in [-0.2, 0) is 0 Å².